The van der Waals surface area contributed by atoms with Gasteiger partial charge in [-0.3, -0.25) is 0 Å². The van der Waals surface area contributed by atoms with Gasteiger partial charge in [-0.25, -0.2) is 8.42 Å². The number of sulfonamides is 1. The SMILES string of the molecule is Cc1cc(C)c(C)c(S(=O)(=O)N(Cc2ccsc2)C2CC2)c1C. The van der Waals surface area contributed by atoms with Crippen molar-refractivity contribution in [3.05, 3.63) is 50.7 Å². The molecule has 0 saturated heterocycles. The molecule has 2 aromatic rings. The van der Waals surface area contributed by atoms with E-state index in [4.69, 9.17) is 0 Å². The summed E-state index contributed by atoms with van der Waals surface area (Å²) in [6, 6.07) is 4.24. The van der Waals surface area contributed by atoms with Crippen LogP contribution in [0.15, 0.2) is 27.8 Å². The highest BCUT2D eigenvalue weighted by atomic mass is 32.2. The van der Waals surface area contributed by atoms with Gasteiger partial charge in [0, 0.05) is 12.6 Å². The van der Waals surface area contributed by atoms with Gasteiger partial charge in [0.05, 0.1) is 4.90 Å². The van der Waals surface area contributed by atoms with E-state index in [1.54, 1.807) is 15.6 Å². The van der Waals surface area contributed by atoms with Crippen molar-refractivity contribution >= 4 is 21.4 Å². The number of hydrogen-bond donors (Lipinski definition) is 0. The maximum atomic E-state index is 13.4. The first-order valence-corrected chi connectivity index (χ1v) is 10.3. The predicted octanol–water partition coefficient (Wildman–Crippen LogP) is 4.34. The summed E-state index contributed by atoms with van der Waals surface area (Å²) in [4.78, 5) is 0.511. The molecule has 0 bridgehead atoms. The third-order valence-corrected chi connectivity index (χ3v) is 7.64. The summed E-state index contributed by atoms with van der Waals surface area (Å²) in [5, 5.41) is 4.03. The largest absolute Gasteiger partial charge is 0.244 e. The maximum Gasteiger partial charge on any atom is 0.244 e. The molecule has 1 aromatic heterocycles. The van der Waals surface area contributed by atoms with E-state index in [1.165, 1.54) is 0 Å². The number of nitrogens with zero attached hydrogens (tertiary/aromatic N) is 1. The van der Waals surface area contributed by atoms with Gasteiger partial charge in [-0.05, 0) is 85.2 Å². The Morgan fingerprint density at radius 3 is 2.22 bits per heavy atom. The van der Waals surface area contributed by atoms with Crippen LogP contribution in [-0.2, 0) is 16.6 Å². The van der Waals surface area contributed by atoms with Crippen molar-refractivity contribution in [2.75, 3.05) is 0 Å². The Bertz CT molecular complexity index is 793. The van der Waals surface area contributed by atoms with Gasteiger partial charge in [0.25, 0.3) is 0 Å². The molecule has 124 valence electrons. The normalized spacial score (nSPS) is 15.3. The third-order valence-electron chi connectivity index (χ3n) is 4.74. The standard InChI is InChI=1S/C18H23NO2S2/c1-12-9-13(2)15(4)18(14(12)3)23(20,21)19(17-5-6-17)10-16-7-8-22-11-16/h7-9,11,17H,5-6,10H2,1-4H3. The lowest BCUT2D eigenvalue weighted by Gasteiger charge is -2.25. The lowest BCUT2D eigenvalue weighted by atomic mass is 10.0. The highest BCUT2D eigenvalue weighted by Gasteiger charge is 2.39. The van der Waals surface area contributed by atoms with Crippen LogP contribution in [0.3, 0.4) is 0 Å². The summed E-state index contributed by atoms with van der Waals surface area (Å²) in [5.41, 5.74) is 4.91. The van der Waals surface area contributed by atoms with E-state index in [1.807, 2.05) is 44.5 Å². The molecule has 5 heteroatoms. The average Bonchev–Trinajstić information content (AvgIpc) is 3.18. The molecule has 0 spiro atoms. The highest BCUT2D eigenvalue weighted by Crippen LogP contribution is 2.37. The second-order valence-corrected chi connectivity index (χ2v) is 9.11. The molecule has 0 atom stereocenters. The minimum absolute atomic E-state index is 0.152. The Morgan fingerprint density at radius 1 is 1.13 bits per heavy atom. The molecule has 3 rings (SSSR count). The van der Waals surface area contributed by atoms with E-state index in [9.17, 15) is 8.42 Å². The zero-order valence-corrected chi connectivity index (χ0v) is 15.7. The average molecular weight is 350 g/mol. The van der Waals surface area contributed by atoms with E-state index in [2.05, 4.69) is 6.07 Å². The monoisotopic (exact) mass is 349 g/mol. The van der Waals surface area contributed by atoms with Gasteiger partial charge >= 0.3 is 0 Å². The fraction of sp³-hybridized carbons (Fsp3) is 0.444. The van der Waals surface area contributed by atoms with Crippen molar-refractivity contribution in [2.24, 2.45) is 0 Å². The Balaban J connectivity index is 2.09. The molecule has 0 unspecified atom stereocenters. The molecule has 1 aromatic carbocycles. The van der Waals surface area contributed by atoms with Gasteiger partial charge in [0.1, 0.15) is 0 Å². The fourth-order valence-electron chi connectivity index (χ4n) is 3.02. The summed E-state index contributed by atoms with van der Waals surface area (Å²) < 4.78 is 28.5. The predicted molar refractivity (Wildman–Crippen MR) is 95.5 cm³/mol. The lowest BCUT2D eigenvalue weighted by molar-refractivity contribution is 0.398. The summed E-state index contributed by atoms with van der Waals surface area (Å²) in [6.07, 6.45) is 1.93. The van der Waals surface area contributed by atoms with Crippen LogP contribution < -0.4 is 0 Å². The molecule has 23 heavy (non-hydrogen) atoms. The summed E-state index contributed by atoms with van der Waals surface area (Å²) in [7, 11) is -3.48. The molecule has 0 aliphatic heterocycles. The summed E-state index contributed by atoms with van der Waals surface area (Å²) >= 11 is 1.61. The molecule has 1 aliphatic rings. The highest BCUT2D eigenvalue weighted by molar-refractivity contribution is 7.89. The molecule has 0 N–H and O–H groups in total. The quantitative estimate of drug-likeness (QED) is 0.805. The minimum Gasteiger partial charge on any atom is -0.207 e. The van der Waals surface area contributed by atoms with Crippen molar-refractivity contribution < 1.29 is 8.42 Å². The van der Waals surface area contributed by atoms with Gasteiger partial charge in [0.2, 0.25) is 10.0 Å². The van der Waals surface area contributed by atoms with Gasteiger partial charge < -0.3 is 0 Å². The third kappa shape index (κ3) is 3.10. The zero-order valence-electron chi connectivity index (χ0n) is 14.1. The summed E-state index contributed by atoms with van der Waals surface area (Å²) in [6.45, 7) is 8.29. The Hall–Kier alpha value is -1.17. The number of hydrogen-bond acceptors (Lipinski definition) is 3. The van der Waals surface area contributed by atoms with E-state index in [-0.39, 0.29) is 6.04 Å². The molecular formula is C18H23NO2S2. The van der Waals surface area contributed by atoms with E-state index < -0.39 is 10.0 Å². The molecule has 0 radical (unpaired) electrons. The number of benzene rings is 1. The smallest absolute Gasteiger partial charge is 0.207 e. The lowest BCUT2D eigenvalue weighted by Crippen LogP contribution is -2.33. The second-order valence-electron chi connectivity index (χ2n) is 6.50. The Morgan fingerprint density at radius 2 is 1.74 bits per heavy atom. The first-order valence-electron chi connectivity index (χ1n) is 7.92. The van der Waals surface area contributed by atoms with Crippen LogP contribution in [0.2, 0.25) is 0 Å². The molecule has 1 heterocycles. The molecule has 1 saturated carbocycles. The molecule has 0 amide bonds. The van der Waals surface area contributed by atoms with Crippen LogP contribution in [-0.4, -0.2) is 18.8 Å². The van der Waals surface area contributed by atoms with Crippen LogP contribution in [0.4, 0.5) is 0 Å². The van der Waals surface area contributed by atoms with Crippen LogP contribution in [0.1, 0.15) is 40.7 Å². The van der Waals surface area contributed by atoms with Crippen LogP contribution in [0.25, 0.3) is 0 Å². The Kier molecular flexibility index (Phi) is 4.38. The van der Waals surface area contributed by atoms with Crippen LogP contribution in [0.5, 0.6) is 0 Å². The van der Waals surface area contributed by atoms with E-state index in [0.717, 1.165) is 40.7 Å². The molecule has 1 fully saturated rings. The molecule has 1 aliphatic carbocycles. The zero-order chi connectivity index (χ0) is 16.8. The molecular weight excluding hydrogens is 326 g/mol. The van der Waals surface area contributed by atoms with Crippen LogP contribution >= 0.6 is 11.3 Å². The van der Waals surface area contributed by atoms with Crippen molar-refractivity contribution in [3.63, 3.8) is 0 Å². The van der Waals surface area contributed by atoms with Crippen molar-refractivity contribution in [1.29, 1.82) is 0 Å². The summed E-state index contributed by atoms with van der Waals surface area (Å²) in [5.74, 6) is 0. The number of thiophene rings is 1. The minimum atomic E-state index is -3.48. The molecule has 3 nitrogen and oxygen atoms in total. The number of aryl methyl sites for hydroxylation is 2. The van der Waals surface area contributed by atoms with Crippen molar-refractivity contribution in [3.8, 4) is 0 Å². The Labute approximate surface area is 143 Å². The van der Waals surface area contributed by atoms with Crippen molar-refractivity contribution in [1.82, 2.24) is 4.31 Å². The van der Waals surface area contributed by atoms with Crippen LogP contribution in [0, 0.1) is 27.7 Å². The fourth-order valence-corrected chi connectivity index (χ4v) is 5.93. The van der Waals surface area contributed by atoms with E-state index >= 15 is 0 Å². The topological polar surface area (TPSA) is 37.4 Å². The van der Waals surface area contributed by atoms with Gasteiger partial charge in [-0.2, -0.15) is 15.6 Å². The first kappa shape index (κ1) is 16.7. The van der Waals surface area contributed by atoms with Gasteiger partial charge in [-0.15, -0.1) is 0 Å². The maximum absolute atomic E-state index is 13.4. The number of rotatable bonds is 5. The first-order chi connectivity index (χ1) is 10.8. The van der Waals surface area contributed by atoms with Crippen molar-refractivity contribution in [2.45, 2.75) is 58.0 Å². The van der Waals surface area contributed by atoms with Gasteiger partial charge in [0.15, 0.2) is 0 Å². The second kappa shape index (κ2) is 6.04. The van der Waals surface area contributed by atoms with E-state index in [0.29, 0.717) is 11.4 Å². The van der Waals surface area contributed by atoms with Gasteiger partial charge in [-0.1, -0.05) is 6.07 Å².